The van der Waals surface area contributed by atoms with Crippen molar-refractivity contribution in [2.75, 3.05) is 0 Å². The number of nitrogens with one attached hydrogen (secondary N) is 1. The number of carboxylic acid groups (broad SMARTS) is 1. The van der Waals surface area contributed by atoms with Crippen LogP contribution in [0.5, 0.6) is 0 Å². The van der Waals surface area contributed by atoms with E-state index in [9.17, 15) is 9.59 Å². The van der Waals surface area contributed by atoms with Crippen LogP contribution in [-0.4, -0.2) is 32.4 Å². The topological polar surface area (TPSA) is 83.7 Å². The van der Waals surface area contributed by atoms with Crippen molar-refractivity contribution < 1.29 is 14.7 Å². The zero-order chi connectivity index (χ0) is 14.7. The standard InChI is InChI=1S/C13H17N3O3S/c1-3-8(2)11(12(18)19)15-10(17)6-9-7-16-4-5-20-13(16)14-9/h4-5,7-8,11H,3,6H2,1-2H3,(H,15,17)(H,18,19)/t8-,11-/m0/s1. The van der Waals surface area contributed by atoms with Gasteiger partial charge in [0.2, 0.25) is 5.91 Å². The number of nitrogens with zero attached hydrogens (tertiary/aromatic N) is 2. The summed E-state index contributed by atoms with van der Waals surface area (Å²) in [5.74, 6) is -1.43. The van der Waals surface area contributed by atoms with Crippen LogP contribution in [0.25, 0.3) is 4.96 Å². The highest BCUT2D eigenvalue weighted by molar-refractivity contribution is 7.15. The van der Waals surface area contributed by atoms with Crippen molar-refractivity contribution in [2.45, 2.75) is 32.7 Å². The van der Waals surface area contributed by atoms with Crippen LogP contribution in [0.15, 0.2) is 17.8 Å². The highest BCUT2D eigenvalue weighted by Crippen LogP contribution is 2.12. The molecule has 0 aliphatic heterocycles. The zero-order valence-electron chi connectivity index (χ0n) is 11.4. The maximum absolute atomic E-state index is 11.9. The lowest BCUT2D eigenvalue weighted by Crippen LogP contribution is -2.45. The van der Waals surface area contributed by atoms with E-state index in [1.165, 1.54) is 11.3 Å². The Morgan fingerprint density at radius 3 is 2.90 bits per heavy atom. The second-order valence-electron chi connectivity index (χ2n) is 4.77. The summed E-state index contributed by atoms with van der Waals surface area (Å²) in [5.41, 5.74) is 0.641. The van der Waals surface area contributed by atoms with Gasteiger partial charge < -0.3 is 10.4 Å². The molecule has 1 amide bonds. The monoisotopic (exact) mass is 295 g/mol. The molecule has 2 aromatic rings. The van der Waals surface area contributed by atoms with Crippen molar-refractivity contribution in [3.63, 3.8) is 0 Å². The number of aromatic nitrogens is 2. The van der Waals surface area contributed by atoms with E-state index in [4.69, 9.17) is 5.11 Å². The van der Waals surface area contributed by atoms with Crippen molar-refractivity contribution in [3.05, 3.63) is 23.5 Å². The lowest BCUT2D eigenvalue weighted by Gasteiger charge is -2.19. The molecule has 0 aliphatic carbocycles. The molecule has 6 nitrogen and oxygen atoms in total. The average Bonchev–Trinajstić information content (AvgIpc) is 2.95. The summed E-state index contributed by atoms with van der Waals surface area (Å²) in [6, 6.07) is -0.851. The third kappa shape index (κ3) is 3.16. The van der Waals surface area contributed by atoms with Gasteiger partial charge in [0, 0.05) is 17.8 Å². The molecule has 2 N–H and O–H groups in total. The molecule has 0 aliphatic rings. The summed E-state index contributed by atoms with van der Waals surface area (Å²) in [7, 11) is 0. The van der Waals surface area contributed by atoms with Crippen molar-refractivity contribution >= 4 is 28.2 Å². The van der Waals surface area contributed by atoms with Crippen LogP contribution in [0.4, 0.5) is 0 Å². The number of carboxylic acids is 1. The first kappa shape index (κ1) is 14.5. The molecule has 0 spiro atoms. The molecule has 0 unspecified atom stereocenters. The molecule has 0 aromatic carbocycles. The van der Waals surface area contributed by atoms with E-state index in [1.54, 1.807) is 6.20 Å². The molecule has 0 saturated carbocycles. The fourth-order valence-electron chi connectivity index (χ4n) is 1.93. The van der Waals surface area contributed by atoms with Crippen molar-refractivity contribution in [2.24, 2.45) is 5.92 Å². The fraction of sp³-hybridized carbons (Fsp3) is 0.462. The van der Waals surface area contributed by atoms with E-state index in [1.807, 2.05) is 29.8 Å². The SMILES string of the molecule is CC[C@H](C)[C@H](NC(=O)Cc1cn2ccsc2n1)C(=O)O. The molecule has 7 heteroatoms. The van der Waals surface area contributed by atoms with Gasteiger partial charge in [-0.05, 0) is 5.92 Å². The fourth-order valence-corrected chi connectivity index (χ4v) is 2.65. The molecular weight excluding hydrogens is 278 g/mol. The van der Waals surface area contributed by atoms with E-state index >= 15 is 0 Å². The maximum atomic E-state index is 11.9. The number of thiazole rings is 1. The van der Waals surface area contributed by atoms with Gasteiger partial charge in [-0.15, -0.1) is 11.3 Å². The Balaban J connectivity index is 2.00. The van der Waals surface area contributed by atoms with Crippen LogP contribution in [-0.2, 0) is 16.0 Å². The number of amides is 1. The van der Waals surface area contributed by atoms with Crippen LogP contribution in [0.1, 0.15) is 26.0 Å². The first-order valence-corrected chi connectivity index (χ1v) is 7.32. The highest BCUT2D eigenvalue weighted by Gasteiger charge is 2.25. The van der Waals surface area contributed by atoms with Crippen LogP contribution in [0.2, 0.25) is 0 Å². The largest absolute Gasteiger partial charge is 0.480 e. The summed E-state index contributed by atoms with van der Waals surface area (Å²) in [4.78, 5) is 28.2. The number of carbonyl (C=O) groups is 2. The summed E-state index contributed by atoms with van der Waals surface area (Å²) < 4.78 is 1.84. The third-order valence-electron chi connectivity index (χ3n) is 3.28. The molecule has 2 rings (SSSR count). The molecule has 2 heterocycles. The quantitative estimate of drug-likeness (QED) is 0.847. The van der Waals surface area contributed by atoms with Gasteiger partial charge in [0.25, 0.3) is 0 Å². The Morgan fingerprint density at radius 1 is 1.55 bits per heavy atom. The summed E-state index contributed by atoms with van der Waals surface area (Å²) in [6.07, 6.45) is 4.43. The maximum Gasteiger partial charge on any atom is 0.326 e. The second kappa shape index (κ2) is 6.04. The van der Waals surface area contributed by atoms with Gasteiger partial charge in [-0.3, -0.25) is 9.20 Å². The third-order valence-corrected chi connectivity index (χ3v) is 4.05. The van der Waals surface area contributed by atoms with Crippen LogP contribution >= 0.6 is 11.3 Å². The molecule has 2 atom stereocenters. The molecule has 0 radical (unpaired) electrons. The Bertz CT molecular complexity index is 591. The van der Waals surface area contributed by atoms with E-state index in [-0.39, 0.29) is 18.2 Å². The van der Waals surface area contributed by atoms with Crippen LogP contribution in [0, 0.1) is 5.92 Å². The summed E-state index contributed by atoms with van der Waals surface area (Å²) in [5, 5.41) is 13.6. The number of rotatable bonds is 6. The van der Waals surface area contributed by atoms with E-state index in [0.29, 0.717) is 12.1 Å². The number of aliphatic carboxylic acids is 1. The Kier molecular flexibility index (Phi) is 4.39. The predicted molar refractivity (Wildman–Crippen MR) is 75.8 cm³/mol. The van der Waals surface area contributed by atoms with Crippen LogP contribution in [0.3, 0.4) is 0 Å². The smallest absolute Gasteiger partial charge is 0.326 e. The first-order valence-electron chi connectivity index (χ1n) is 6.44. The number of hydrogen-bond acceptors (Lipinski definition) is 4. The molecule has 0 saturated heterocycles. The minimum atomic E-state index is -1.00. The lowest BCUT2D eigenvalue weighted by atomic mass is 9.99. The van der Waals surface area contributed by atoms with E-state index in [2.05, 4.69) is 10.3 Å². The Labute approximate surface area is 120 Å². The minimum Gasteiger partial charge on any atom is -0.480 e. The number of fused-ring (bicyclic) bond motifs is 1. The molecular formula is C13H17N3O3S. The van der Waals surface area contributed by atoms with E-state index < -0.39 is 12.0 Å². The Morgan fingerprint density at radius 2 is 2.30 bits per heavy atom. The lowest BCUT2D eigenvalue weighted by molar-refractivity contribution is -0.143. The van der Waals surface area contributed by atoms with Gasteiger partial charge in [0.1, 0.15) is 6.04 Å². The Hall–Kier alpha value is -1.89. The number of hydrogen-bond donors (Lipinski definition) is 2. The molecule has 0 fully saturated rings. The highest BCUT2D eigenvalue weighted by atomic mass is 32.1. The van der Waals surface area contributed by atoms with Gasteiger partial charge >= 0.3 is 5.97 Å². The number of imidazole rings is 1. The van der Waals surface area contributed by atoms with E-state index in [0.717, 1.165) is 4.96 Å². The van der Waals surface area contributed by atoms with Crippen molar-refractivity contribution in [3.8, 4) is 0 Å². The van der Waals surface area contributed by atoms with Crippen LogP contribution < -0.4 is 5.32 Å². The predicted octanol–water partition coefficient (Wildman–Crippen LogP) is 1.55. The molecule has 20 heavy (non-hydrogen) atoms. The van der Waals surface area contributed by atoms with Gasteiger partial charge in [-0.25, -0.2) is 9.78 Å². The van der Waals surface area contributed by atoms with Gasteiger partial charge in [-0.2, -0.15) is 0 Å². The molecule has 0 bridgehead atoms. The number of carbonyl (C=O) groups excluding carboxylic acids is 1. The zero-order valence-corrected chi connectivity index (χ0v) is 12.2. The van der Waals surface area contributed by atoms with Crippen molar-refractivity contribution in [1.82, 2.24) is 14.7 Å². The van der Waals surface area contributed by atoms with Gasteiger partial charge in [0.15, 0.2) is 4.96 Å². The molecule has 108 valence electrons. The second-order valence-corrected chi connectivity index (χ2v) is 5.64. The minimum absolute atomic E-state index is 0.0919. The van der Waals surface area contributed by atoms with Gasteiger partial charge in [-0.1, -0.05) is 20.3 Å². The first-order chi connectivity index (χ1) is 9.51. The van der Waals surface area contributed by atoms with Crippen molar-refractivity contribution in [1.29, 1.82) is 0 Å². The normalized spacial score (nSPS) is 14.1. The summed E-state index contributed by atoms with van der Waals surface area (Å²) >= 11 is 1.49. The molecule has 2 aromatic heterocycles. The average molecular weight is 295 g/mol. The summed E-state index contributed by atoms with van der Waals surface area (Å²) in [6.45, 7) is 3.71. The van der Waals surface area contributed by atoms with Gasteiger partial charge in [0.05, 0.1) is 12.1 Å².